The second-order valence-electron chi connectivity index (χ2n) is 7.84. The molecule has 2 aliphatic heterocycles. The third kappa shape index (κ3) is 4.23. The molecule has 4 rings (SSSR count). The van der Waals surface area contributed by atoms with Crippen LogP contribution < -0.4 is 0 Å². The Hall–Kier alpha value is -1.76. The molecule has 1 amide bonds. The number of piperidine rings is 1. The Morgan fingerprint density at radius 2 is 2.00 bits per heavy atom. The third-order valence-corrected chi connectivity index (χ3v) is 6.85. The predicted octanol–water partition coefficient (Wildman–Crippen LogP) is 3.21. The van der Waals surface area contributed by atoms with Crippen LogP contribution in [0.5, 0.6) is 0 Å². The number of rotatable bonds is 3. The van der Waals surface area contributed by atoms with Crippen LogP contribution in [0.4, 0.5) is 0 Å². The molecular formula is C21H27N3O2S. The van der Waals surface area contributed by atoms with Gasteiger partial charge in [-0.25, -0.2) is 0 Å². The summed E-state index contributed by atoms with van der Waals surface area (Å²) < 4.78 is 5.99. The number of thiophene rings is 1. The lowest BCUT2D eigenvalue weighted by Gasteiger charge is -2.42. The highest BCUT2D eigenvalue weighted by Gasteiger charge is 2.39. The number of hydrogen-bond acceptors (Lipinski definition) is 5. The Labute approximate surface area is 165 Å². The van der Waals surface area contributed by atoms with E-state index in [1.54, 1.807) is 11.3 Å². The molecule has 2 aromatic rings. The van der Waals surface area contributed by atoms with E-state index in [2.05, 4.69) is 22.0 Å². The molecule has 5 nitrogen and oxygen atoms in total. The van der Waals surface area contributed by atoms with Gasteiger partial charge in [0.1, 0.15) is 0 Å². The molecule has 0 unspecified atom stereocenters. The molecule has 0 aromatic carbocycles. The zero-order valence-electron chi connectivity index (χ0n) is 15.9. The van der Waals surface area contributed by atoms with Crippen LogP contribution in [0.25, 0.3) is 0 Å². The zero-order valence-corrected chi connectivity index (χ0v) is 16.7. The van der Waals surface area contributed by atoms with Crippen molar-refractivity contribution < 1.29 is 9.53 Å². The monoisotopic (exact) mass is 385 g/mol. The molecule has 0 saturated carbocycles. The zero-order chi connectivity index (χ0) is 18.7. The first-order valence-electron chi connectivity index (χ1n) is 9.68. The summed E-state index contributed by atoms with van der Waals surface area (Å²) in [5, 5.41) is 2.00. The van der Waals surface area contributed by atoms with Crippen molar-refractivity contribution >= 4 is 17.2 Å². The lowest BCUT2D eigenvalue weighted by atomic mass is 9.78. The molecule has 2 aromatic heterocycles. The van der Waals surface area contributed by atoms with Crippen molar-refractivity contribution in [2.75, 3.05) is 39.4 Å². The average Bonchev–Trinajstić information content (AvgIpc) is 3.02. The molecule has 0 atom stereocenters. The fraction of sp³-hybridized carbons (Fsp3) is 0.524. The summed E-state index contributed by atoms with van der Waals surface area (Å²) in [6.45, 7) is 8.18. The first-order chi connectivity index (χ1) is 13.2. The lowest BCUT2D eigenvalue weighted by Crippen LogP contribution is -2.48. The second kappa shape index (κ2) is 8.09. The maximum atomic E-state index is 12.8. The van der Waals surface area contributed by atoms with E-state index in [1.165, 1.54) is 5.56 Å². The van der Waals surface area contributed by atoms with Gasteiger partial charge < -0.3 is 9.64 Å². The van der Waals surface area contributed by atoms with E-state index in [-0.39, 0.29) is 11.3 Å². The number of nitrogens with zero attached hydrogens (tertiary/aromatic N) is 3. The maximum Gasteiger partial charge on any atom is 0.264 e. The first kappa shape index (κ1) is 18.6. The summed E-state index contributed by atoms with van der Waals surface area (Å²) >= 11 is 1.55. The summed E-state index contributed by atoms with van der Waals surface area (Å²) in [6, 6.07) is 6.20. The number of hydrogen-bond donors (Lipinski definition) is 0. The van der Waals surface area contributed by atoms with E-state index in [0.717, 1.165) is 69.2 Å². The van der Waals surface area contributed by atoms with Crippen LogP contribution in [0.3, 0.4) is 0 Å². The predicted molar refractivity (Wildman–Crippen MR) is 107 cm³/mol. The smallest absolute Gasteiger partial charge is 0.264 e. The van der Waals surface area contributed by atoms with Gasteiger partial charge in [0.15, 0.2) is 0 Å². The summed E-state index contributed by atoms with van der Waals surface area (Å²) in [6.07, 6.45) is 5.73. The van der Waals surface area contributed by atoms with E-state index < -0.39 is 0 Å². The van der Waals surface area contributed by atoms with Gasteiger partial charge in [-0.3, -0.25) is 14.7 Å². The molecule has 144 valence electrons. The summed E-state index contributed by atoms with van der Waals surface area (Å²) in [5.41, 5.74) is 2.54. The van der Waals surface area contributed by atoms with Gasteiger partial charge in [-0.05, 0) is 54.5 Å². The Kier molecular flexibility index (Phi) is 5.57. The van der Waals surface area contributed by atoms with Gasteiger partial charge in [-0.1, -0.05) is 0 Å². The molecule has 0 aliphatic carbocycles. The van der Waals surface area contributed by atoms with Gasteiger partial charge in [0.25, 0.3) is 5.91 Å². The first-order valence-corrected chi connectivity index (χ1v) is 10.6. The van der Waals surface area contributed by atoms with Crippen LogP contribution in [0.2, 0.25) is 0 Å². The number of likely N-dealkylation sites (tertiary alicyclic amines) is 1. The standard InChI is InChI=1S/C21H27N3O2S/c1-17-4-13-27-19(17)20(25)24-9-5-21(6-10-24)15-23(11-12-26-16-21)14-18-2-7-22-8-3-18/h2-4,7-8,13H,5-6,9-12,14-16H2,1H3. The van der Waals surface area contributed by atoms with Gasteiger partial charge in [0, 0.05) is 50.5 Å². The SMILES string of the molecule is Cc1ccsc1C(=O)N1CCC2(CC1)COCCN(Cc1ccncc1)C2. The molecule has 2 saturated heterocycles. The van der Waals surface area contributed by atoms with Crippen LogP contribution in [-0.4, -0.2) is 60.1 Å². The lowest BCUT2D eigenvalue weighted by molar-refractivity contribution is 0.0146. The van der Waals surface area contributed by atoms with Crippen LogP contribution >= 0.6 is 11.3 Å². The third-order valence-electron chi connectivity index (χ3n) is 5.84. The van der Waals surface area contributed by atoms with Crippen LogP contribution in [0.15, 0.2) is 36.0 Å². The Balaban J connectivity index is 1.40. The maximum absolute atomic E-state index is 12.8. The highest BCUT2D eigenvalue weighted by molar-refractivity contribution is 7.12. The van der Waals surface area contributed by atoms with Gasteiger partial charge in [-0.2, -0.15) is 0 Å². The van der Waals surface area contributed by atoms with E-state index in [1.807, 2.05) is 35.7 Å². The minimum Gasteiger partial charge on any atom is -0.379 e. The van der Waals surface area contributed by atoms with Gasteiger partial charge in [0.2, 0.25) is 0 Å². The minimum absolute atomic E-state index is 0.158. The van der Waals surface area contributed by atoms with Crippen molar-refractivity contribution in [2.24, 2.45) is 5.41 Å². The number of pyridine rings is 1. The van der Waals surface area contributed by atoms with E-state index in [9.17, 15) is 4.79 Å². The van der Waals surface area contributed by atoms with Crippen molar-refractivity contribution in [3.05, 3.63) is 52.0 Å². The van der Waals surface area contributed by atoms with E-state index in [0.29, 0.717) is 0 Å². The summed E-state index contributed by atoms with van der Waals surface area (Å²) in [5.74, 6) is 0.195. The molecule has 27 heavy (non-hydrogen) atoms. The Bertz CT molecular complexity index is 769. The largest absolute Gasteiger partial charge is 0.379 e. The normalized spacial score (nSPS) is 20.6. The van der Waals surface area contributed by atoms with Crippen molar-refractivity contribution in [3.63, 3.8) is 0 Å². The summed E-state index contributed by atoms with van der Waals surface area (Å²) in [4.78, 5) is 22.4. The molecule has 2 aliphatic rings. The van der Waals surface area contributed by atoms with Crippen LogP contribution in [-0.2, 0) is 11.3 Å². The number of aromatic nitrogens is 1. The van der Waals surface area contributed by atoms with Crippen molar-refractivity contribution in [3.8, 4) is 0 Å². The highest BCUT2D eigenvalue weighted by atomic mass is 32.1. The minimum atomic E-state index is 0.158. The molecular weight excluding hydrogens is 358 g/mol. The van der Waals surface area contributed by atoms with Gasteiger partial charge in [0.05, 0.1) is 18.1 Å². The second-order valence-corrected chi connectivity index (χ2v) is 8.76. The quantitative estimate of drug-likeness (QED) is 0.814. The number of carbonyl (C=O) groups is 1. The fourth-order valence-corrected chi connectivity index (χ4v) is 5.08. The van der Waals surface area contributed by atoms with E-state index in [4.69, 9.17) is 4.74 Å². The fourth-order valence-electron chi connectivity index (χ4n) is 4.18. The highest BCUT2D eigenvalue weighted by Crippen LogP contribution is 2.35. The van der Waals surface area contributed by atoms with Crippen LogP contribution in [0, 0.1) is 12.3 Å². The van der Waals surface area contributed by atoms with E-state index >= 15 is 0 Å². The Morgan fingerprint density at radius 1 is 1.22 bits per heavy atom. The van der Waals surface area contributed by atoms with Gasteiger partial charge in [-0.15, -0.1) is 11.3 Å². The topological polar surface area (TPSA) is 45.7 Å². The molecule has 4 heterocycles. The van der Waals surface area contributed by atoms with Crippen molar-refractivity contribution in [2.45, 2.75) is 26.3 Å². The molecule has 0 bridgehead atoms. The van der Waals surface area contributed by atoms with Crippen molar-refractivity contribution in [1.29, 1.82) is 0 Å². The Morgan fingerprint density at radius 3 is 2.70 bits per heavy atom. The van der Waals surface area contributed by atoms with Crippen LogP contribution in [0.1, 0.15) is 33.6 Å². The van der Waals surface area contributed by atoms with Crippen molar-refractivity contribution in [1.82, 2.24) is 14.8 Å². The molecule has 2 fully saturated rings. The van der Waals surface area contributed by atoms with Gasteiger partial charge >= 0.3 is 0 Å². The molecule has 6 heteroatoms. The number of amides is 1. The summed E-state index contributed by atoms with van der Waals surface area (Å²) in [7, 11) is 0. The number of aryl methyl sites for hydroxylation is 1. The molecule has 1 spiro atoms. The molecule has 0 radical (unpaired) electrons. The number of ether oxygens (including phenoxy) is 1. The average molecular weight is 386 g/mol. The molecule has 0 N–H and O–H groups in total. The number of carbonyl (C=O) groups excluding carboxylic acids is 1.